The van der Waals surface area contributed by atoms with E-state index >= 15 is 0 Å². The first-order chi connectivity index (χ1) is 30.1. The van der Waals surface area contributed by atoms with E-state index in [4.69, 9.17) is 11.5 Å². The summed E-state index contributed by atoms with van der Waals surface area (Å²) in [6.07, 6.45) is -0.0563. The molecule has 0 aliphatic rings. The van der Waals surface area contributed by atoms with Crippen molar-refractivity contribution in [3.05, 3.63) is 150 Å². The Kier molecular flexibility index (Phi) is 16.9. The van der Waals surface area contributed by atoms with Crippen LogP contribution in [0.1, 0.15) is 35.1 Å². The molecular weight excluding hydrogens is 830 g/mol. The number of carboxylic acids is 1. The Morgan fingerprint density at radius 2 is 1.05 bits per heavy atom. The number of amides is 4. The van der Waals surface area contributed by atoms with Crippen LogP contribution in [0.5, 0.6) is 5.75 Å². The van der Waals surface area contributed by atoms with Crippen molar-refractivity contribution in [3.63, 3.8) is 0 Å². The van der Waals surface area contributed by atoms with Crippen molar-refractivity contribution in [1.29, 1.82) is 0 Å². The van der Waals surface area contributed by atoms with Crippen LogP contribution in [0.4, 0.5) is 0 Å². The van der Waals surface area contributed by atoms with E-state index in [1.165, 1.54) is 24.3 Å². The number of carboxylic acid groups (broad SMARTS) is 1. The monoisotopic (exact) mass is 879 g/mol. The van der Waals surface area contributed by atoms with Crippen molar-refractivity contribution in [2.75, 3.05) is 6.54 Å². The summed E-state index contributed by atoms with van der Waals surface area (Å²) in [7, 11) is -4.88. The second-order valence-electron chi connectivity index (χ2n) is 14.8. The topological polar surface area (TPSA) is 285 Å². The zero-order valence-electron chi connectivity index (χ0n) is 34.1. The zero-order valence-corrected chi connectivity index (χ0v) is 35.0. The van der Waals surface area contributed by atoms with Gasteiger partial charge in [0.25, 0.3) is 0 Å². The fraction of sp³-hybridized carbons (Fsp3) is 0.244. The van der Waals surface area contributed by atoms with E-state index in [-0.39, 0.29) is 56.8 Å². The molecule has 4 amide bonds. The third-order valence-electron chi connectivity index (χ3n) is 9.81. The molecule has 0 aromatic heterocycles. The third-order valence-corrected chi connectivity index (χ3v) is 10.3. The fourth-order valence-corrected chi connectivity index (χ4v) is 7.14. The summed E-state index contributed by atoms with van der Waals surface area (Å²) in [6.45, 7) is 0.0984. The molecule has 11 N–H and O–H groups in total. The van der Waals surface area contributed by atoms with Crippen LogP contribution in [0.25, 0.3) is 10.8 Å². The van der Waals surface area contributed by atoms with Crippen LogP contribution < -0.4 is 37.3 Å². The number of phosphoric acid groups is 1. The number of benzene rings is 5. The lowest BCUT2D eigenvalue weighted by Gasteiger charge is -2.26. The number of guanidine groups is 1. The predicted molar refractivity (Wildman–Crippen MR) is 236 cm³/mol. The van der Waals surface area contributed by atoms with E-state index in [1.807, 2.05) is 60.7 Å². The van der Waals surface area contributed by atoms with Gasteiger partial charge in [0.15, 0.2) is 5.96 Å². The molecule has 17 nitrogen and oxygen atoms in total. The van der Waals surface area contributed by atoms with E-state index < -0.39 is 61.6 Å². The van der Waals surface area contributed by atoms with E-state index in [2.05, 4.69) is 30.8 Å². The van der Waals surface area contributed by atoms with Gasteiger partial charge in [-0.15, -0.1) is 0 Å². The van der Waals surface area contributed by atoms with Crippen molar-refractivity contribution < 1.29 is 48.0 Å². The van der Waals surface area contributed by atoms with Crippen LogP contribution in [0.15, 0.2) is 132 Å². The van der Waals surface area contributed by atoms with Gasteiger partial charge in [0, 0.05) is 25.8 Å². The molecule has 0 radical (unpaired) electrons. The highest BCUT2D eigenvalue weighted by Crippen LogP contribution is 2.37. The van der Waals surface area contributed by atoms with Gasteiger partial charge in [-0.1, -0.05) is 115 Å². The molecule has 0 saturated carbocycles. The van der Waals surface area contributed by atoms with E-state index in [1.54, 1.807) is 42.5 Å². The number of aliphatic imine (C=N–C) groups is 1. The normalized spacial score (nSPS) is 13.0. The third kappa shape index (κ3) is 15.7. The number of nitrogens with one attached hydrogen (secondary N) is 4. The van der Waals surface area contributed by atoms with Crippen LogP contribution >= 0.6 is 7.82 Å². The number of nitrogens with two attached hydrogens (primary N) is 2. The quantitative estimate of drug-likeness (QED) is 0.0210. The summed E-state index contributed by atoms with van der Waals surface area (Å²) in [4.78, 5) is 90.7. The zero-order chi connectivity index (χ0) is 45.4. The van der Waals surface area contributed by atoms with Gasteiger partial charge in [-0.05, 0) is 58.0 Å². The van der Waals surface area contributed by atoms with Gasteiger partial charge in [-0.2, -0.15) is 0 Å². The number of nitrogens with zero attached hydrogens (tertiary/aromatic N) is 1. The molecule has 330 valence electrons. The lowest BCUT2D eigenvalue weighted by molar-refractivity contribution is -0.142. The summed E-state index contributed by atoms with van der Waals surface area (Å²) >= 11 is 0. The molecule has 0 aliphatic heterocycles. The number of hydrogen-bond donors (Lipinski definition) is 9. The first-order valence-corrected chi connectivity index (χ1v) is 21.5. The molecule has 4 atom stereocenters. The predicted octanol–water partition coefficient (Wildman–Crippen LogP) is 2.66. The smallest absolute Gasteiger partial charge is 0.480 e. The number of carbonyl (C=O) groups excluding carboxylic acids is 4. The molecular formula is C45H50N7O10P. The highest BCUT2D eigenvalue weighted by molar-refractivity contribution is 7.46. The Balaban J connectivity index is 1.40. The van der Waals surface area contributed by atoms with Gasteiger partial charge in [0.1, 0.15) is 29.9 Å². The van der Waals surface area contributed by atoms with Crippen molar-refractivity contribution in [2.45, 2.75) is 62.7 Å². The van der Waals surface area contributed by atoms with Gasteiger partial charge >= 0.3 is 13.8 Å². The molecule has 0 bridgehead atoms. The lowest BCUT2D eigenvalue weighted by Crippen LogP contribution is -2.59. The number of aliphatic carboxylic acids is 1. The second kappa shape index (κ2) is 22.7. The summed E-state index contributed by atoms with van der Waals surface area (Å²) in [5.74, 6) is -4.46. The van der Waals surface area contributed by atoms with Gasteiger partial charge < -0.3 is 42.4 Å². The molecule has 18 heteroatoms. The molecule has 0 heterocycles. The lowest BCUT2D eigenvalue weighted by atomic mass is 10.0. The maximum Gasteiger partial charge on any atom is 0.524 e. The van der Waals surface area contributed by atoms with Gasteiger partial charge in [0.2, 0.25) is 23.6 Å². The van der Waals surface area contributed by atoms with Gasteiger partial charge in [-0.3, -0.25) is 34.0 Å². The van der Waals surface area contributed by atoms with Crippen molar-refractivity contribution >= 4 is 54.2 Å². The summed E-state index contributed by atoms with van der Waals surface area (Å²) in [5.41, 5.74) is 13.3. The number of fused-ring (bicyclic) bond motifs is 1. The standard InChI is InChI=1S/C45H50N7O10P/c46-45(47)48-23-9-16-36(44(57)58)50-42(55)39(27-31-18-21-35(22-19-31)62-63(59,60)61)52-43(56)38(26-30-12-5-2-6-13-30)51-41(54)37(25-29-10-3-1-4-11-29)49-40(53)28-32-17-20-33-14-7-8-15-34(33)24-32/h1-8,10-15,17-22,24,36-39H,9,16,23,25-28H2,(H,49,53)(H,50,55)(H,51,54)(H,52,56)(H,57,58)(H4,46,47,48)(H2,59,60,61)/t36-,37+,38+,39+/m0/s1. The Hall–Kier alpha value is -7.07. The Labute approximate surface area is 363 Å². The number of rotatable bonds is 22. The summed E-state index contributed by atoms with van der Waals surface area (Å²) < 4.78 is 16.0. The van der Waals surface area contributed by atoms with Crippen LogP contribution in [-0.4, -0.2) is 81.2 Å². The summed E-state index contributed by atoms with van der Waals surface area (Å²) in [6, 6.07) is 31.3. The largest absolute Gasteiger partial charge is 0.524 e. The molecule has 0 unspecified atom stereocenters. The van der Waals surface area contributed by atoms with E-state index in [9.17, 15) is 43.4 Å². The first kappa shape index (κ1) is 47.0. The van der Waals surface area contributed by atoms with Crippen LogP contribution in [0, 0.1) is 0 Å². The molecule has 5 aromatic rings. The van der Waals surface area contributed by atoms with Crippen LogP contribution in [-0.2, 0) is 54.2 Å². The number of carbonyl (C=O) groups is 5. The average molecular weight is 880 g/mol. The van der Waals surface area contributed by atoms with E-state index in [0.29, 0.717) is 11.1 Å². The van der Waals surface area contributed by atoms with Crippen molar-refractivity contribution in [3.8, 4) is 5.75 Å². The molecule has 0 aliphatic carbocycles. The molecule has 5 aromatic carbocycles. The van der Waals surface area contributed by atoms with Crippen LogP contribution in [0.3, 0.4) is 0 Å². The molecule has 0 spiro atoms. The van der Waals surface area contributed by atoms with Crippen molar-refractivity contribution in [1.82, 2.24) is 21.3 Å². The first-order valence-electron chi connectivity index (χ1n) is 20.0. The van der Waals surface area contributed by atoms with Crippen LogP contribution in [0.2, 0.25) is 0 Å². The van der Waals surface area contributed by atoms with E-state index in [0.717, 1.165) is 21.9 Å². The molecule has 0 saturated heterocycles. The maximum atomic E-state index is 14.4. The molecule has 5 rings (SSSR count). The highest BCUT2D eigenvalue weighted by Gasteiger charge is 2.32. The van der Waals surface area contributed by atoms with Gasteiger partial charge in [-0.25, -0.2) is 9.36 Å². The SMILES string of the molecule is NC(N)=NCCC[C@H](NC(=O)[C@@H](Cc1ccc(OP(=O)(O)O)cc1)NC(=O)[C@@H](Cc1ccccc1)NC(=O)[C@@H](Cc1ccccc1)NC(=O)Cc1ccc2ccccc2c1)C(=O)O. The highest BCUT2D eigenvalue weighted by atomic mass is 31.2. The average Bonchev–Trinajstić information content (AvgIpc) is 3.24. The number of hydrogen-bond acceptors (Lipinski definition) is 8. The van der Waals surface area contributed by atoms with Gasteiger partial charge in [0.05, 0.1) is 6.42 Å². The molecule has 0 fully saturated rings. The minimum Gasteiger partial charge on any atom is -0.480 e. The fourth-order valence-electron chi connectivity index (χ4n) is 6.74. The second-order valence-corrected chi connectivity index (χ2v) is 15.9. The molecule has 63 heavy (non-hydrogen) atoms. The minimum absolute atomic E-state index is 0.0217. The Bertz CT molecular complexity index is 2430. The minimum atomic E-state index is -4.88. The maximum absolute atomic E-state index is 14.4. The summed E-state index contributed by atoms with van der Waals surface area (Å²) in [5, 5.41) is 22.7. The number of phosphoric ester groups is 1. The Morgan fingerprint density at radius 1 is 0.587 bits per heavy atom. The Morgan fingerprint density at radius 3 is 1.56 bits per heavy atom. The van der Waals surface area contributed by atoms with Crippen molar-refractivity contribution in [2.24, 2.45) is 16.5 Å².